The van der Waals surface area contributed by atoms with Gasteiger partial charge in [-0.2, -0.15) is 0 Å². The number of carbonyl (C=O) groups excluding carboxylic acids is 1. The zero-order chi connectivity index (χ0) is 16.3. The van der Waals surface area contributed by atoms with Gasteiger partial charge in [0.05, 0.1) is 10.6 Å². The van der Waals surface area contributed by atoms with Gasteiger partial charge in [-0.1, -0.05) is 24.3 Å². The first-order chi connectivity index (χ1) is 10.4. The van der Waals surface area contributed by atoms with E-state index < -0.39 is 10.0 Å². The molecule has 1 N–H and O–H groups in total. The Morgan fingerprint density at radius 1 is 1.18 bits per heavy atom. The second-order valence-corrected chi connectivity index (χ2v) is 6.18. The Morgan fingerprint density at radius 2 is 1.82 bits per heavy atom. The number of fused-ring (bicyclic) bond motifs is 1. The fourth-order valence-corrected chi connectivity index (χ4v) is 2.82. The van der Waals surface area contributed by atoms with Gasteiger partial charge < -0.3 is 10.2 Å². The van der Waals surface area contributed by atoms with E-state index in [2.05, 4.69) is 14.7 Å². The average molecular weight is 319 g/mol. The van der Waals surface area contributed by atoms with Crippen LogP contribution in [0.5, 0.6) is 0 Å². The first-order valence-corrected chi connectivity index (χ1v) is 7.62. The fraction of sp³-hybridized carbons (Fsp3) is 0.154. The minimum absolute atomic E-state index is 0.108. The highest BCUT2D eigenvalue weighted by atomic mass is 32.2. The molecule has 0 atom stereocenters. The molecule has 2 rings (SSSR count). The lowest BCUT2D eigenvalue weighted by molar-refractivity contribution is 0.231. The van der Waals surface area contributed by atoms with Crippen LogP contribution in [0, 0.1) is 0 Å². The molecule has 0 bridgehead atoms. The molecular formula is C13H13N5O3S. The van der Waals surface area contributed by atoms with Crippen molar-refractivity contribution in [2.24, 2.45) is 4.52 Å². The third kappa shape index (κ3) is 2.95. The minimum Gasteiger partial charge on any atom is -0.331 e. The van der Waals surface area contributed by atoms with Crippen LogP contribution in [0.25, 0.3) is 21.2 Å². The molecule has 0 aliphatic carbocycles. The molecule has 0 spiro atoms. The second kappa shape index (κ2) is 5.92. The molecule has 0 saturated carbocycles. The Morgan fingerprint density at radius 3 is 2.45 bits per heavy atom. The number of hydrogen-bond acceptors (Lipinski definition) is 3. The van der Waals surface area contributed by atoms with Crippen molar-refractivity contribution in [1.82, 2.24) is 4.90 Å². The minimum atomic E-state index is -4.11. The van der Waals surface area contributed by atoms with Crippen molar-refractivity contribution >= 4 is 32.5 Å². The maximum Gasteiger partial charge on any atom is 0.321 e. The summed E-state index contributed by atoms with van der Waals surface area (Å²) < 4.78 is 26.8. The summed E-state index contributed by atoms with van der Waals surface area (Å²) in [6.07, 6.45) is 0. The molecule has 0 radical (unpaired) electrons. The van der Waals surface area contributed by atoms with E-state index in [4.69, 9.17) is 5.53 Å². The van der Waals surface area contributed by atoms with Crippen molar-refractivity contribution in [3.05, 3.63) is 46.8 Å². The largest absolute Gasteiger partial charge is 0.331 e. The predicted octanol–water partition coefficient (Wildman–Crippen LogP) is 2.93. The number of nitrogens with zero attached hydrogens (tertiary/aromatic N) is 4. The Kier molecular flexibility index (Phi) is 4.20. The smallest absolute Gasteiger partial charge is 0.321 e. The summed E-state index contributed by atoms with van der Waals surface area (Å²) in [5.74, 6) is 0. The lowest BCUT2D eigenvalue weighted by atomic mass is 10.1. The molecule has 0 saturated heterocycles. The number of benzene rings is 2. The molecule has 114 valence electrons. The number of carbonyl (C=O) groups is 1. The third-order valence-electron chi connectivity index (χ3n) is 2.95. The predicted molar refractivity (Wildman–Crippen MR) is 83.0 cm³/mol. The van der Waals surface area contributed by atoms with Crippen LogP contribution in [0.2, 0.25) is 0 Å². The zero-order valence-corrected chi connectivity index (χ0v) is 12.7. The van der Waals surface area contributed by atoms with E-state index in [1.807, 2.05) is 0 Å². The van der Waals surface area contributed by atoms with E-state index in [9.17, 15) is 13.2 Å². The van der Waals surface area contributed by atoms with Crippen LogP contribution >= 0.6 is 0 Å². The van der Waals surface area contributed by atoms with Crippen molar-refractivity contribution < 1.29 is 13.2 Å². The number of anilines is 1. The van der Waals surface area contributed by atoms with E-state index >= 15 is 0 Å². The van der Waals surface area contributed by atoms with Gasteiger partial charge in [-0.05, 0) is 17.7 Å². The molecule has 0 aromatic heterocycles. The molecule has 0 unspecified atom stereocenters. The van der Waals surface area contributed by atoms with Gasteiger partial charge in [-0.15, -0.1) is 0 Å². The Balaban J connectivity index is 2.66. The van der Waals surface area contributed by atoms with Gasteiger partial charge >= 0.3 is 6.03 Å². The molecule has 9 heteroatoms. The second-order valence-electron chi connectivity index (χ2n) is 4.63. The number of nitrogens with one attached hydrogen (secondary N) is 1. The van der Waals surface area contributed by atoms with Crippen molar-refractivity contribution in [3.63, 3.8) is 0 Å². The van der Waals surface area contributed by atoms with E-state index in [0.29, 0.717) is 16.5 Å². The summed E-state index contributed by atoms with van der Waals surface area (Å²) in [5, 5.41) is 3.59. The Bertz CT molecular complexity index is 886. The van der Waals surface area contributed by atoms with Crippen LogP contribution in [0.3, 0.4) is 0 Å². The molecule has 22 heavy (non-hydrogen) atoms. The summed E-state index contributed by atoms with van der Waals surface area (Å²) in [6.45, 7) is 0. The highest BCUT2D eigenvalue weighted by molar-refractivity contribution is 7.90. The quantitative estimate of drug-likeness (QED) is 0.532. The number of urea groups is 1. The Labute approximate surface area is 127 Å². The first kappa shape index (κ1) is 15.6. The van der Waals surface area contributed by atoms with Crippen LogP contribution < -0.4 is 5.32 Å². The first-order valence-electron chi connectivity index (χ1n) is 6.18. The van der Waals surface area contributed by atoms with Crippen LogP contribution in [0.1, 0.15) is 0 Å². The SMILES string of the molecule is CN(C)C(=O)Nc1cccc2c(S(=O)(=O)N=[N+]=[N-])cccc12. The molecule has 0 fully saturated rings. The van der Waals surface area contributed by atoms with Crippen LogP contribution in [-0.2, 0) is 10.0 Å². The molecule has 2 aromatic carbocycles. The van der Waals surface area contributed by atoms with Crippen LogP contribution in [0.15, 0.2) is 45.8 Å². The average Bonchev–Trinajstić information content (AvgIpc) is 2.46. The highest BCUT2D eigenvalue weighted by Crippen LogP contribution is 2.29. The fourth-order valence-electron chi connectivity index (χ4n) is 1.93. The number of azide groups is 1. The van der Waals surface area contributed by atoms with Crippen molar-refractivity contribution in [1.29, 1.82) is 0 Å². The van der Waals surface area contributed by atoms with Gasteiger partial charge in [0.15, 0.2) is 0 Å². The molecule has 2 aromatic rings. The van der Waals surface area contributed by atoms with E-state index in [1.54, 1.807) is 38.4 Å². The van der Waals surface area contributed by atoms with E-state index in [0.717, 1.165) is 0 Å². The summed E-state index contributed by atoms with van der Waals surface area (Å²) in [4.78, 5) is 15.4. The van der Waals surface area contributed by atoms with Crippen molar-refractivity contribution in [2.75, 3.05) is 19.4 Å². The standard InChI is InChI=1S/C13H13N5O3S/c1-18(2)13(19)15-11-7-3-6-10-9(11)5-4-8-12(10)22(20,21)17-16-14/h3-8H,1-2H3,(H,15,19). The summed E-state index contributed by atoms with van der Waals surface area (Å²) in [6, 6.07) is 9.07. The van der Waals surface area contributed by atoms with E-state index in [-0.39, 0.29) is 10.9 Å². The lowest BCUT2D eigenvalue weighted by Crippen LogP contribution is -2.27. The molecule has 2 amide bonds. The summed E-state index contributed by atoms with van der Waals surface area (Å²) in [7, 11) is -0.923. The van der Waals surface area contributed by atoms with Crippen LogP contribution in [-0.4, -0.2) is 33.4 Å². The summed E-state index contributed by atoms with van der Waals surface area (Å²) in [5.41, 5.74) is 8.85. The maximum absolute atomic E-state index is 12.0. The number of rotatable bonds is 3. The van der Waals surface area contributed by atoms with E-state index in [1.165, 1.54) is 17.0 Å². The zero-order valence-electron chi connectivity index (χ0n) is 11.9. The van der Waals surface area contributed by atoms with Gasteiger partial charge in [0.25, 0.3) is 10.0 Å². The number of amides is 2. The molecule has 0 aliphatic rings. The molecule has 0 aliphatic heterocycles. The Hall–Kier alpha value is -2.77. The van der Waals surface area contributed by atoms with Gasteiger partial charge in [-0.25, -0.2) is 13.2 Å². The lowest BCUT2D eigenvalue weighted by Gasteiger charge is -2.14. The van der Waals surface area contributed by atoms with Gasteiger partial charge in [-0.3, -0.25) is 0 Å². The topological polar surface area (TPSA) is 115 Å². The molecule has 8 nitrogen and oxygen atoms in total. The van der Waals surface area contributed by atoms with Crippen LogP contribution in [0.4, 0.5) is 10.5 Å². The van der Waals surface area contributed by atoms with Gasteiger partial charge in [0, 0.05) is 34.3 Å². The maximum atomic E-state index is 12.0. The summed E-state index contributed by atoms with van der Waals surface area (Å²) >= 11 is 0. The third-order valence-corrected chi connectivity index (χ3v) is 4.15. The van der Waals surface area contributed by atoms with Crippen molar-refractivity contribution in [2.45, 2.75) is 4.90 Å². The monoisotopic (exact) mass is 319 g/mol. The van der Waals surface area contributed by atoms with Crippen molar-refractivity contribution in [3.8, 4) is 0 Å². The molecule has 0 heterocycles. The number of hydrogen-bond donors (Lipinski definition) is 1. The normalized spacial score (nSPS) is 10.8. The van der Waals surface area contributed by atoms with Gasteiger partial charge in [0.1, 0.15) is 0 Å². The van der Waals surface area contributed by atoms with Gasteiger partial charge in [0.2, 0.25) is 0 Å². The highest BCUT2D eigenvalue weighted by Gasteiger charge is 2.17. The number of sulfonamides is 1. The molecular weight excluding hydrogens is 306 g/mol.